The lowest BCUT2D eigenvalue weighted by Crippen LogP contribution is -2.28. The molecule has 1 N–H and O–H groups in total. The number of amides is 1. The number of carbonyl (C=O) groups is 2. The van der Waals surface area contributed by atoms with Crippen LogP contribution in [0.5, 0.6) is 0 Å². The van der Waals surface area contributed by atoms with Crippen LogP contribution >= 0.6 is 22.9 Å². The van der Waals surface area contributed by atoms with Crippen molar-refractivity contribution in [3.8, 4) is 0 Å². The molecule has 0 radical (unpaired) electrons. The quantitative estimate of drug-likeness (QED) is 0.402. The summed E-state index contributed by atoms with van der Waals surface area (Å²) in [6, 6.07) is 14.5. The van der Waals surface area contributed by atoms with Gasteiger partial charge in [-0.05, 0) is 42.7 Å². The predicted molar refractivity (Wildman–Crippen MR) is 129 cm³/mol. The van der Waals surface area contributed by atoms with Crippen molar-refractivity contribution < 1.29 is 14.3 Å². The van der Waals surface area contributed by atoms with Crippen molar-refractivity contribution in [2.45, 2.75) is 27.0 Å². The van der Waals surface area contributed by atoms with E-state index in [9.17, 15) is 14.4 Å². The van der Waals surface area contributed by atoms with E-state index in [4.69, 9.17) is 16.3 Å². The zero-order valence-corrected chi connectivity index (χ0v) is 19.5. The van der Waals surface area contributed by atoms with E-state index < -0.39 is 11.5 Å². The highest BCUT2D eigenvalue weighted by Gasteiger charge is 2.21. The number of hydrogen-bond donors (Lipinski definition) is 1. The molecule has 0 bridgehead atoms. The fourth-order valence-corrected chi connectivity index (χ4v) is 4.55. The summed E-state index contributed by atoms with van der Waals surface area (Å²) in [4.78, 5) is 43.2. The maximum absolute atomic E-state index is 13.0. The first kappa shape index (κ1) is 22.7. The second-order valence-corrected chi connectivity index (χ2v) is 8.84. The molecule has 0 atom stereocenters. The molecule has 2 aromatic carbocycles. The molecule has 2 aromatic heterocycles. The first-order valence-electron chi connectivity index (χ1n) is 10.1. The molecule has 0 aliphatic heterocycles. The fourth-order valence-electron chi connectivity index (χ4n) is 3.34. The molecular weight excluding hydrogens is 462 g/mol. The van der Waals surface area contributed by atoms with Crippen molar-refractivity contribution in [3.63, 3.8) is 0 Å². The van der Waals surface area contributed by atoms with Crippen LogP contribution in [0, 0.1) is 13.8 Å². The molecule has 168 valence electrons. The summed E-state index contributed by atoms with van der Waals surface area (Å²) >= 11 is 7.20. The summed E-state index contributed by atoms with van der Waals surface area (Å²) in [5.74, 6) is -0.904. The Labute approximate surface area is 198 Å². The van der Waals surface area contributed by atoms with E-state index in [1.165, 1.54) is 10.9 Å². The van der Waals surface area contributed by atoms with Crippen molar-refractivity contribution in [3.05, 3.63) is 91.8 Å². The minimum Gasteiger partial charge on any atom is -0.457 e. The van der Waals surface area contributed by atoms with Crippen LogP contribution in [0.2, 0.25) is 5.02 Å². The van der Waals surface area contributed by atoms with Gasteiger partial charge in [-0.1, -0.05) is 48.0 Å². The molecule has 0 saturated heterocycles. The van der Waals surface area contributed by atoms with Gasteiger partial charge >= 0.3 is 5.97 Å². The van der Waals surface area contributed by atoms with Crippen LogP contribution < -0.4 is 10.9 Å². The largest absolute Gasteiger partial charge is 0.457 e. The van der Waals surface area contributed by atoms with Crippen molar-refractivity contribution in [2.24, 2.45) is 0 Å². The summed E-state index contributed by atoms with van der Waals surface area (Å²) in [5.41, 5.74) is 2.27. The van der Waals surface area contributed by atoms with Gasteiger partial charge in [0.25, 0.3) is 5.56 Å². The summed E-state index contributed by atoms with van der Waals surface area (Å²) in [6.45, 7) is 3.39. The molecule has 0 aliphatic rings. The lowest BCUT2D eigenvalue weighted by atomic mass is 10.2. The molecule has 2 heterocycles. The number of nitrogens with zero attached hydrogens (tertiary/aromatic N) is 2. The van der Waals surface area contributed by atoms with Gasteiger partial charge in [0, 0.05) is 10.7 Å². The second kappa shape index (κ2) is 9.56. The van der Waals surface area contributed by atoms with Crippen LogP contribution in [0.4, 0.5) is 5.69 Å². The van der Waals surface area contributed by atoms with Crippen molar-refractivity contribution >= 4 is 50.7 Å². The van der Waals surface area contributed by atoms with Crippen LogP contribution in [0.1, 0.15) is 26.4 Å². The summed E-state index contributed by atoms with van der Waals surface area (Å²) < 4.78 is 6.62. The number of nitrogens with one attached hydrogen (secondary N) is 1. The number of thiophene rings is 1. The number of fused-ring (bicyclic) bond motifs is 1. The number of rotatable bonds is 6. The molecule has 33 heavy (non-hydrogen) atoms. The van der Waals surface area contributed by atoms with E-state index in [0.717, 1.165) is 22.5 Å². The van der Waals surface area contributed by atoms with Crippen LogP contribution in [-0.2, 0) is 22.7 Å². The smallest absolute Gasteiger partial charge is 0.349 e. The van der Waals surface area contributed by atoms with Gasteiger partial charge in [-0.25, -0.2) is 9.78 Å². The van der Waals surface area contributed by atoms with E-state index in [1.807, 2.05) is 30.3 Å². The van der Waals surface area contributed by atoms with Crippen LogP contribution in [-0.4, -0.2) is 21.4 Å². The highest BCUT2D eigenvalue weighted by atomic mass is 35.5. The fraction of sp³-hybridized carbons (Fsp3) is 0.167. The van der Waals surface area contributed by atoms with Gasteiger partial charge in [0.1, 0.15) is 22.9 Å². The Morgan fingerprint density at radius 3 is 2.61 bits per heavy atom. The Kier molecular flexibility index (Phi) is 6.57. The second-order valence-electron chi connectivity index (χ2n) is 7.44. The number of anilines is 1. The zero-order valence-electron chi connectivity index (χ0n) is 17.9. The highest BCUT2D eigenvalue weighted by Crippen LogP contribution is 2.28. The highest BCUT2D eigenvalue weighted by molar-refractivity contribution is 7.20. The maximum atomic E-state index is 13.0. The molecule has 0 spiro atoms. The number of aromatic nitrogens is 2. The number of aryl methyl sites for hydroxylation is 1. The number of halogens is 1. The molecule has 1 amide bonds. The molecular formula is C24H20ClN3O4S. The molecule has 4 rings (SSSR count). The summed E-state index contributed by atoms with van der Waals surface area (Å²) in [6.07, 6.45) is 1.31. The third kappa shape index (κ3) is 4.81. The Morgan fingerprint density at radius 1 is 1.09 bits per heavy atom. The van der Waals surface area contributed by atoms with Gasteiger partial charge < -0.3 is 10.1 Å². The minimum absolute atomic E-state index is 0.133. The number of esters is 1. The lowest BCUT2D eigenvalue weighted by Gasteiger charge is -2.10. The molecule has 9 heteroatoms. The third-order valence-electron chi connectivity index (χ3n) is 5.17. The van der Waals surface area contributed by atoms with Gasteiger partial charge in [-0.2, -0.15) is 0 Å². The topological polar surface area (TPSA) is 90.3 Å². The molecule has 4 aromatic rings. The molecule has 0 unspecified atom stereocenters. The van der Waals surface area contributed by atoms with E-state index in [0.29, 0.717) is 31.4 Å². The minimum atomic E-state index is -0.514. The molecule has 0 fully saturated rings. The Morgan fingerprint density at radius 2 is 1.85 bits per heavy atom. The van der Waals surface area contributed by atoms with Gasteiger partial charge in [-0.15, -0.1) is 11.3 Å². The van der Waals surface area contributed by atoms with Gasteiger partial charge in [0.15, 0.2) is 0 Å². The Bertz CT molecular complexity index is 1410. The standard InChI is InChI=1S/C24H20ClN3O4S/c1-14-17(25)9-6-10-18(14)27-19(29)11-28-13-26-22-20(23(28)30)15(2)21(33-22)24(31)32-12-16-7-4-3-5-8-16/h3-10,13H,11-12H2,1-2H3,(H,27,29). The van der Waals surface area contributed by atoms with Crippen LogP contribution in [0.15, 0.2) is 59.7 Å². The van der Waals surface area contributed by atoms with Crippen molar-refractivity contribution in [1.29, 1.82) is 0 Å². The number of carbonyl (C=O) groups excluding carboxylic acids is 2. The van der Waals surface area contributed by atoms with Crippen molar-refractivity contribution in [1.82, 2.24) is 9.55 Å². The number of hydrogen-bond acceptors (Lipinski definition) is 6. The van der Waals surface area contributed by atoms with Crippen LogP contribution in [0.25, 0.3) is 10.2 Å². The first-order chi connectivity index (χ1) is 15.8. The lowest BCUT2D eigenvalue weighted by molar-refractivity contribution is -0.116. The number of benzene rings is 2. The molecule has 0 aliphatic carbocycles. The molecule has 7 nitrogen and oxygen atoms in total. The number of ether oxygens (including phenoxy) is 1. The van der Waals surface area contributed by atoms with Gasteiger partial charge in [0.05, 0.1) is 11.7 Å². The zero-order chi connectivity index (χ0) is 23.5. The molecule has 0 saturated carbocycles. The Balaban J connectivity index is 1.54. The monoisotopic (exact) mass is 481 g/mol. The van der Waals surface area contributed by atoms with Crippen LogP contribution in [0.3, 0.4) is 0 Å². The van der Waals surface area contributed by atoms with E-state index in [1.54, 1.807) is 32.0 Å². The predicted octanol–water partition coefficient (Wildman–Crippen LogP) is 4.72. The maximum Gasteiger partial charge on any atom is 0.349 e. The van der Waals surface area contributed by atoms with E-state index in [2.05, 4.69) is 10.3 Å². The SMILES string of the molecule is Cc1c(Cl)cccc1NC(=O)Cn1cnc2sc(C(=O)OCc3ccccc3)c(C)c2c1=O. The average Bonchev–Trinajstić information content (AvgIpc) is 3.15. The van der Waals surface area contributed by atoms with Gasteiger partial charge in [-0.3, -0.25) is 14.2 Å². The van der Waals surface area contributed by atoms with E-state index >= 15 is 0 Å². The van der Waals surface area contributed by atoms with Gasteiger partial charge in [0.2, 0.25) is 5.91 Å². The van der Waals surface area contributed by atoms with Crippen molar-refractivity contribution in [2.75, 3.05) is 5.32 Å². The van der Waals surface area contributed by atoms with E-state index in [-0.39, 0.29) is 19.1 Å². The average molecular weight is 482 g/mol. The summed E-state index contributed by atoms with van der Waals surface area (Å²) in [5, 5.41) is 3.60. The third-order valence-corrected chi connectivity index (χ3v) is 6.76. The first-order valence-corrected chi connectivity index (χ1v) is 11.3. The normalized spacial score (nSPS) is 10.9. The summed E-state index contributed by atoms with van der Waals surface area (Å²) in [7, 11) is 0. The Hall–Kier alpha value is -3.49.